The van der Waals surface area contributed by atoms with E-state index in [1.54, 1.807) is 24.3 Å². The van der Waals surface area contributed by atoms with Crippen LogP contribution < -0.4 is 11.1 Å². The van der Waals surface area contributed by atoms with Crippen LogP contribution in [0, 0.1) is 13.8 Å². The molecule has 5 heteroatoms. The van der Waals surface area contributed by atoms with Crippen molar-refractivity contribution in [3.8, 4) is 0 Å². The third kappa shape index (κ3) is 2.58. The normalized spacial score (nSPS) is 10.8. The number of amides is 1. The fourth-order valence-corrected chi connectivity index (χ4v) is 2.30. The number of carbonyl (C=O) groups excluding carboxylic acids is 1. The zero-order valence-corrected chi connectivity index (χ0v) is 11.7. The minimum Gasteiger partial charge on any atom is -0.408 e. The van der Waals surface area contributed by atoms with Crippen LogP contribution in [0.25, 0.3) is 11.1 Å². The monoisotopic (exact) mass is 282 g/mol. The predicted molar refractivity (Wildman–Crippen MR) is 80.7 cm³/mol. The van der Waals surface area contributed by atoms with Gasteiger partial charge in [0.1, 0.15) is 0 Å². The molecule has 0 radical (unpaired) electrons. The van der Waals surface area contributed by atoms with E-state index < -0.39 is 5.76 Å². The standard InChI is InChI=1S/C16H14N2O3/c1-9-3-5-12(10(2)7-9)15(19)17-11-4-6-14-13(8-11)18-16(20)21-14/h3-8H,1-2H3,(H,17,19)(H,18,20). The van der Waals surface area contributed by atoms with Gasteiger partial charge in [0, 0.05) is 11.3 Å². The SMILES string of the molecule is Cc1ccc(C(=O)Nc2ccc3oc(=O)[nH]c3c2)c(C)c1. The van der Waals surface area contributed by atoms with Gasteiger partial charge in [-0.15, -0.1) is 0 Å². The molecule has 5 nitrogen and oxygen atoms in total. The number of benzene rings is 2. The van der Waals surface area contributed by atoms with Gasteiger partial charge < -0.3 is 9.73 Å². The molecule has 21 heavy (non-hydrogen) atoms. The Labute approximate surface area is 120 Å². The molecule has 0 unspecified atom stereocenters. The van der Waals surface area contributed by atoms with E-state index in [0.717, 1.165) is 11.1 Å². The molecule has 0 aliphatic rings. The fraction of sp³-hybridized carbons (Fsp3) is 0.125. The van der Waals surface area contributed by atoms with Crippen molar-refractivity contribution in [3.05, 3.63) is 63.6 Å². The molecule has 1 aromatic heterocycles. The molecule has 3 rings (SSSR count). The van der Waals surface area contributed by atoms with Gasteiger partial charge >= 0.3 is 5.76 Å². The maximum atomic E-state index is 12.3. The van der Waals surface area contributed by atoms with Crippen LogP contribution >= 0.6 is 0 Å². The molecule has 2 N–H and O–H groups in total. The highest BCUT2D eigenvalue weighted by Crippen LogP contribution is 2.18. The molecular weight excluding hydrogens is 268 g/mol. The van der Waals surface area contributed by atoms with Gasteiger partial charge in [0.2, 0.25) is 0 Å². The molecule has 0 bridgehead atoms. The fourth-order valence-electron chi connectivity index (χ4n) is 2.30. The largest absolute Gasteiger partial charge is 0.417 e. The third-order valence-corrected chi connectivity index (χ3v) is 3.30. The number of aromatic nitrogens is 1. The van der Waals surface area contributed by atoms with Gasteiger partial charge in [-0.3, -0.25) is 9.78 Å². The van der Waals surface area contributed by atoms with Crippen LogP contribution in [0.3, 0.4) is 0 Å². The number of anilines is 1. The zero-order chi connectivity index (χ0) is 15.0. The quantitative estimate of drug-likeness (QED) is 0.758. The van der Waals surface area contributed by atoms with Crippen molar-refractivity contribution in [2.24, 2.45) is 0 Å². The van der Waals surface area contributed by atoms with Crippen LogP contribution in [0.2, 0.25) is 0 Å². The maximum absolute atomic E-state index is 12.3. The summed E-state index contributed by atoms with van der Waals surface area (Å²) in [6.45, 7) is 3.89. The van der Waals surface area contributed by atoms with Crippen molar-refractivity contribution >= 4 is 22.7 Å². The van der Waals surface area contributed by atoms with E-state index in [4.69, 9.17) is 4.42 Å². The summed E-state index contributed by atoms with van der Waals surface area (Å²) in [7, 11) is 0. The summed E-state index contributed by atoms with van der Waals surface area (Å²) in [5, 5.41) is 2.82. The first-order chi connectivity index (χ1) is 10.0. The second-order valence-corrected chi connectivity index (χ2v) is 5.00. The summed E-state index contributed by atoms with van der Waals surface area (Å²) in [6, 6.07) is 10.7. The molecule has 0 saturated carbocycles. The number of rotatable bonds is 2. The lowest BCUT2D eigenvalue weighted by Gasteiger charge is -2.08. The number of H-pyrrole nitrogens is 1. The molecule has 1 heterocycles. The molecule has 3 aromatic rings. The average molecular weight is 282 g/mol. The lowest BCUT2D eigenvalue weighted by molar-refractivity contribution is 0.102. The number of carbonyl (C=O) groups is 1. The number of aromatic amines is 1. The van der Waals surface area contributed by atoms with Crippen LogP contribution in [-0.4, -0.2) is 10.9 Å². The molecular formula is C16H14N2O3. The molecule has 1 amide bonds. The summed E-state index contributed by atoms with van der Waals surface area (Å²) in [6.07, 6.45) is 0. The smallest absolute Gasteiger partial charge is 0.408 e. The molecule has 0 spiro atoms. The summed E-state index contributed by atoms with van der Waals surface area (Å²) in [4.78, 5) is 25.9. The summed E-state index contributed by atoms with van der Waals surface area (Å²) in [5.74, 6) is -0.694. The van der Waals surface area contributed by atoms with Gasteiger partial charge in [0.15, 0.2) is 5.58 Å². The van der Waals surface area contributed by atoms with Crippen molar-refractivity contribution in [3.63, 3.8) is 0 Å². The van der Waals surface area contributed by atoms with E-state index in [-0.39, 0.29) is 5.91 Å². The predicted octanol–water partition coefficient (Wildman–Crippen LogP) is 2.99. The molecule has 0 aliphatic carbocycles. The van der Waals surface area contributed by atoms with E-state index in [1.807, 2.05) is 26.0 Å². The Morgan fingerprint density at radius 3 is 2.71 bits per heavy atom. The average Bonchev–Trinajstić information content (AvgIpc) is 2.77. The van der Waals surface area contributed by atoms with Crippen LogP contribution in [0.1, 0.15) is 21.5 Å². The van der Waals surface area contributed by atoms with E-state index in [0.29, 0.717) is 22.4 Å². The lowest BCUT2D eigenvalue weighted by Crippen LogP contribution is -2.13. The number of fused-ring (bicyclic) bond motifs is 1. The molecule has 0 aliphatic heterocycles. The summed E-state index contributed by atoms with van der Waals surface area (Å²) in [5.41, 5.74) is 4.28. The Morgan fingerprint density at radius 2 is 1.95 bits per heavy atom. The number of aryl methyl sites for hydroxylation is 2. The molecule has 0 atom stereocenters. The number of hydrogen-bond donors (Lipinski definition) is 2. The highest BCUT2D eigenvalue weighted by Gasteiger charge is 2.10. The van der Waals surface area contributed by atoms with E-state index >= 15 is 0 Å². The van der Waals surface area contributed by atoms with Crippen molar-refractivity contribution in [2.45, 2.75) is 13.8 Å². The van der Waals surface area contributed by atoms with Crippen LogP contribution in [0.4, 0.5) is 5.69 Å². The number of oxazole rings is 1. The van der Waals surface area contributed by atoms with Crippen LogP contribution in [0.5, 0.6) is 0 Å². The van der Waals surface area contributed by atoms with Gasteiger partial charge in [-0.25, -0.2) is 4.79 Å². The third-order valence-electron chi connectivity index (χ3n) is 3.30. The van der Waals surface area contributed by atoms with Crippen molar-refractivity contribution < 1.29 is 9.21 Å². The molecule has 2 aromatic carbocycles. The Kier molecular flexibility index (Phi) is 3.10. The van der Waals surface area contributed by atoms with E-state index in [9.17, 15) is 9.59 Å². The first kappa shape index (κ1) is 13.2. The van der Waals surface area contributed by atoms with E-state index in [1.165, 1.54) is 0 Å². The Morgan fingerprint density at radius 1 is 1.14 bits per heavy atom. The van der Waals surface area contributed by atoms with Gasteiger partial charge in [-0.2, -0.15) is 0 Å². The first-order valence-corrected chi connectivity index (χ1v) is 6.54. The van der Waals surface area contributed by atoms with Crippen molar-refractivity contribution in [1.82, 2.24) is 4.98 Å². The molecule has 0 saturated heterocycles. The number of hydrogen-bond acceptors (Lipinski definition) is 3. The zero-order valence-electron chi connectivity index (χ0n) is 11.7. The highest BCUT2D eigenvalue weighted by molar-refractivity contribution is 6.05. The van der Waals surface area contributed by atoms with Gasteiger partial charge in [-0.05, 0) is 43.7 Å². The Bertz CT molecular complexity index is 890. The first-order valence-electron chi connectivity index (χ1n) is 6.54. The summed E-state index contributed by atoms with van der Waals surface area (Å²) < 4.78 is 4.92. The molecule has 0 fully saturated rings. The van der Waals surface area contributed by atoms with E-state index in [2.05, 4.69) is 10.3 Å². The molecule has 106 valence electrons. The highest BCUT2D eigenvalue weighted by atomic mass is 16.4. The minimum atomic E-state index is -0.511. The Balaban J connectivity index is 1.90. The Hall–Kier alpha value is -2.82. The van der Waals surface area contributed by atoms with Crippen molar-refractivity contribution in [2.75, 3.05) is 5.32 Å². The topological polar surface area (TPSA) is 75.1 Å². The van der Waals surface area contributed by atoms with Gasteiger partial charge in [-0.1, -0.05) is 17.7 Å². The second-order valence-electron chi connectivity index (χ2n) is 5.00. The maximum Gasteiger partial charge on any atom is 0.417 e. The minimum absolute atomic E-state index is 0.183. The van der Waals surface area contributed by atoms with Gasteiger partial charge in [0.25, 0.3) is 5.91 Å². The summed E-state index contributed by atoms with van der Waals surface area (Å²) >= 11 is 0. The van der Waals surface area contributed by atoms with Crippen LogP contribution in [-0.2, 0) is 0 Å². The van der Waals surface area contributed by atoms with Gasteiger partial charge in [0.05, 0.1) is 5.52 Å². The second kappa shape index (κ2) is 4.94. The lowest BCUT2D eigenvalue weighted by atomic mass is 10.1. The number of nitrogens with one attached hydrogen (secondary N) is 2. The van der Waals surface area contributed by atoms with Crippen molar-refractivity contribution in [1.29, 1.82) is 0 Å². The van der Waals surface area contributed by atoms with Crippen LogP contribution in [0.15, 0.2) is 45.6 Å².